The molecule has 0 saturated carbocycles. The van der Waals surface area contributed by atoms with Crippen LogP contribution in [0.25, 0.3) is 0 Å². The highest BCUT2D eigenvalue weighted by Crippen LogP contribution is 2.22. The van der Waals surface area contributed by atoms with Gasteiger partial charge in [-0.15, -0.1) is 0 Å². The zero-order valence-electron chi connectivity index (χ0n) is 9.55. The van der Waals surface area contributed by atoms with Gasteiger partial charge in [0.2, 0.25) is 11.8 Å². The van der Waals surface area contributed by atoms with Crippen LogP contribution in [0.3, 0.4) is 0 Å². The molecule has 2 amide bonds. The molecule has 0 aromatic carbocycles. The molecule has 0 aliphatic heterocycles. The van der Waals surface area contributed by atoms with Crippen molar-refractivity contribution in [2.45, 2.75) is 34.1 Å². The molecule has 0 saturated heterocycles. The van der Waals surface area contributed by atoms with E-state index in [-0.39, 0.29) is 16.3 Å². The van der Waals surface area contributed by atoms with Gasteiger partial charge in [-0.25, -0.2) is 0 Å². The predicted octanol–water partition coefficient (Wildman–Crippen LogP) is 1.35. The zero-order chi connectivity index (χ0) is 12.1. The largest absolute Gasteiger partial charge is 0.296 e. The molecule has 4 nitrogen and oxygen atoms in total. The van der Waals surface area contributed by atoms with E-state index in [1.807, 2.05) is 20.8 Å². The quantitative estimate of drug-likeness (QED) is 0.796. The average molecular weight is 231 g/mol. The first-order valence-corrected chi connectivity index (χ1v) is 5.65. The van der Waals surface area contributed by atoms with Gasteiger partial charge in [0.1, 0.15) is 0 Å². The smallest absolute Gasteiger partial charge is 0.237 e. The molecule has 0 aromatic heterocycles. The Labute approximate surface area is 94.2 Å². The molecule has 0 aliphatic rings. The molecule has 86 valence electrons. The summed E-state index contributed by atoms with van der Waals surface area (Å²) in [5.41, 5.74) is -0.0683. The number of carbonyl (C=O) groups excluding carboxylic acids is 3. The fourth-order valence-corrected chi connectivity index (χ4v) is 1.76. The standard InChI is InChI=1S/C10H17NO3S/c1-7(12)11-8(13)6-15-9(14)5-10(2,3)4/h5-6H2,1-4H3,(H,11,12,13). The second-order valence-electron chi connectivity index (χ2n) is 4.50. The summed E-state index contributed by atoms with van der Waals surface area (Å²) in [7, 11) is 0. The molecular weight excluding hydrogens is 214 g/mol. The molecule has 1 N–H and O–H groups in total. The van der Waals surface area contributed by atoms with E-state index in [1.165, 1.54) is 6.92 Å². The molecule has 5 heteroatoms. The van der Waals surface area contributed by atoms with Crippen LogP contribution in [-0.2, 0) is 14.4 Å². The topological polar surface area (TPSA) is 63.2 Å². The lowest BCUT2D eigenvalue weighted by Gasteiger charge is -2.15. The number of rotatable bonds is 3. The van der Waals surface area contributed by atoms with Gasteiger partial charge in [-0.2, -0.15) is 0 Å². The molecule has 0 atom stereocenters. The van der Waals surface area contributed by atoms with Gasteiger partial charge >= 0.3 is 0 Å². The Morgan fingerprint density at radius 3 is 2.13 bits per heavy atom. The van der Waals surface area contributed by atoms with Crippen LogP contribution in [0.2, 0.25) is 0 Å². The Morgan fingerprint density at radius 1 is 1.20 bits per heavy atom. The summed E-state index contributed by atoms with van der Waals surface area (Å²) in [5, 5.41) is 2.08. The first-order chi connectivity index (χ1) is 6.70. The van der Waals surface area contributed by atoms with Crippen molar-refractivity contribution >= 4 is 28.7 Å². The second kappa shape index (κ2) is 5.90. The summed E-state index contributed by atoms with van der Waals surface area (Å²) in [5.74, 6) is -0.812. The van der Waals surface area contributed by atoms with Gasteiger partial charge in [-0.1, -0.05) is 32.5 Å². The van der Waals surface area contributed by atoms with Crippen LogP contribution in [0.5, 0.6) is 0 Å². The van der Waals surface area contributed by atoms with Crippen LogP contribution in [0, 0.1) is 5.41 Å². The summed E-state index contributed by atoms with van der Waals surface area (Å²) < 4.78 is 0. The van der Waals surface area contributed by atoms with Crippen molar-refractivity contribution < 1.29 is 14.4 Å². The molecule has 0 heterocycles. The highest BCUT2D eigenvalue weighted by atomic mass is 32.2. The predicted molar refractivity (Wildman–Crippen MR) is 60.4 cm³/mol. The van der Waals surface area contributed by atoms with Gasteiger partial charge in [-0.3, -0.25) is 19.7 Å². The Hall–Kier alpha value is -0.840. The van der Waals surface area contributed by atoms with Crippen molar-refractivity contribution in [1.29, 1.82) is 0 Å². The number of nitrogens with one attached hydrogen (secondary N) is 1. The van der Waals surface area contributed by atoms with Crippen molar-refractivity contribution in [3.05, 3.63) is 0 Å². The number of carbonyl (C=O) groups is 3. The highest BCUT2D eigenvalue weighted by molar-refractivity contribution is 8.14. The number of amides is 2. The number of thioether (sulfide) groups is 1. The van der Waals surface area contributed by atoms with Crippen molar-refractivity contribution in [2.24, 2.45) is 5.41 Å². The van der Waals surface area contributed by atoms with Crippen molar-refractivity contribution in [1.82, 2.24) is 5.32 Å². The fourth-order valence-electron chi connectivity index (χ4n) is 0.863. The van der Waals surface area contributed by atoms with Gasteiger partial charge in [0.15, 0.2) is 5.12 Å². The van der Waals surface area contributed by atoms with E-state index in [1.54, 1.807) is 0 Å². The van der Waals surface area contributed by atoms with E-state index in [0.717, 1.165) is 11.8 Å². The molecule has 0 rings (SSSR count). The summed E-state index contributed by atoms with van der Waals surface area (Å²) in [6.07, 6.45) is 0.422. The Balaban J connectivity index is 3.82. The molecule has 0 radical (unpaired) electrons. The normalized spacial score (nSPS) is 10.9. The maximum atomic E-state index is 11.3. The van der Waals surface area contributed by atoms with E-state index in [9.17, 15) is 14.4 Å². The molecule has 0 aromatic rings. The fraction of sp³-hybridized carbons (Fsp3) is 0.700. The molecule has 15 heavy (non-hydrogen) atoms. The maximum Gasteiger partial charge on any atom is 0.237 e. The summed E-state index contributed by atoms with van der Waals surface area (Å²) in [4.78, 5) is 32.9. The minimum absolute atomic E-state index is 0.00843. The third-order valence-electron chi connectivity index (χ3n) is 1.35. The van der Waals surface area contributed by atoms with Crippen LogP contribution in [0.15, 0.2) is 0 Å². The van der Waals surface area contributed by atoms with Crippen molar-refractivity contribution in [2.75, 3.05) is 5.75 Å². The van der Waals surface area contributed by atoms with Crippen molar-refractivity contribution in [3.8, 4) is 0 Å². The second-order valence-corrected chi connectivity index (χ2v) is 5.54. The average Bonchev–Trinajstić information content (AvgIpc) is 1.96. The van der Waals surface area contributed by atoms with Gasteiger partial charge in [-0.05, 0) is 5.41 Å². The van der Waals surface area contributed by atoms with Crippen LogP contribution < -0.4 is 5.32 Å². The van der Waals surface area contributed by atoms with Gasteiger partial charge in [0.25, 0.3) is 0 Å². The minimum Gasteiger partial charge on any atom is -0.296 e. The van der Waals surface area contributed by atoms with E-state index < -0.39 is 11.8 Å². The maximum absolute atomic E-state index is 11.3. The number of imide groups is 1. The molecule has 0 unspecified atom stereocenters. The monoisotopic (exact) mass is 231 g/mol. The molecule has 0 spiro atoms. The van der Waals surface area contributed by atoms with Gasteiger partial charge in [0.05, 0.1) is 5.75 Å². The summed E-state index contributed by atoms with van der Waals surface area (Å²) in [6, 6.07) is 0. The zero-order valence-corrected chi connectivity index (χ0v) is 10.4. The first kappa shape index (κ1) is 14.2. The minimum atomic E-state index is -0.422. The number of hydrogen-bond donors (Lipinski definition) is 1. The molecular formula is C10H17NO3S. The molecule has 0 fully saturated rings. The highest BCUT2D eigenvalue weighted by Gasteiger charge is 2.17. The lowest BCUT2D eigenvalue weighted by atomic mass is 9.93. The van der Waals surface area contributed by atoms with E-state index in [4.69, 9.17) is 0 Å². The lowest BCUT2D eigenvalue weighted by Crippen LogP contribution is -2.30. The van der Waals surface area contributed by atoms with E-state index >= 15 is 0 Å². The van der Waals surface area contributed by atoms with Crippen LogP contribution in [-0.4, -0.2) is 22.7 Å². The van der Waals surface area contributed by atoms with Crippen molar-refractivity contribution in [3.63, 3.8) is 0 Å². The SMILES string of the molecule is CC(=O)NC(=O)CSC(=O)CC(C)(C)C. The van der Waals surface area contributed by atoms with E-state index in [2.05, 4.69) is 5.32 Å². The molecule has 0 aliphatic carbocycles. The van der Waals surface area contributed by atoms with Crippen LogP contribution >= 0.6 is 11.8 Å². The van der Waals surface area contributed by atoms with Crippen LogP contribution in [0.4, 0.5) is 0 Å². The molecule has 0 bridgehead atoms. The Morgan fingerprint density at radius 2 is 1.73 bits per heavy atom. The Kier molecular flexibility index (Phi) is 5.57. The summed E-state index contributed by atoms with van der Waals surface area (Å²) >= 11 is 0.950. The third kappa shape index (κ3) is 9.46. The lowest BCUT2D eigenvalue weighted by molar-refractivity contribution is -0.128. The van der Waals surface area contributed by atoms with Crippen LogP contribution in [0.1, 0.15) is 34.1 Å². The third-order valence-corrected chi connectivity index (χ3v) is 2.23. The van der Waals surface area contributed by atoms with Gasteiger partial charge < -0.3 is 0 Å². The Bertz CT molecular complexity index is 268. The van der Waals surface area contributed by atoms with E-state index in [0.29, 0.717) is 6.42 Å². The first-order valence-electron chi connectivity index (χ1n) is 4.67. The van der Waals surface area contributed by atoms with Gasteiger partial charge in [0, 0.05) is 13.3 Å². The summed E-state index contributed by atoms with van der Waals surface area (Å²) in [6.45, 7) is 7.14. The number of hydrogen-bond acceptors (Lipinski definition) is 4.